The van der Waals surface area contributed by atoms with Crippen LogP contribution in [0, 0.1) is 0 Å². The summed E-state index contributed by atoms with van der Waals surface area (Å²) in [4.78, 5) is 40.6. The van der Waals surface area contributed by atoms with E-state index in [-0.39, 0.29) is 36.4 Å². The second kappa shape index (κ2) is 8.32. The molecule has 152 valence electrons. The third-order valence-corrected chi connectivity index (χ3v) is 7.45. The Balaban J connectivity index is 1.68. The zero-order valence-electron chi connectivity index (χ0n) is 15.7. The van der Waals surface area contributed by atoms with Crippen LogP contribution in [0.2, 0.25) is 0 Å². The lowest BCUT2D eigenvalue weighted by Gasteiger charge is -2.29. The molecule has 3 amide bonds. The molecule has 28 heavy (non-hydrogen) atoms. The van der Waals surface area contributed by atoms with Gasteiger partial charge >= 0.3 is 0 Å². The van der Waals surface area contributed by atoms with Gasteiger partial charge in [-0.25, -0.2) is 8.42 Å². The van der Waals surface area contributed by atoms with Gasteiger partial charge in [-0.15, -0.1) is 0 Å². The van der Waals surface area contributed by atoms with E-state index >= 15 is 0 Å². The molecular weight excluding hydrogens is 448 g/mol. The summed E-state index contributed by atoms with van der Waals surface area (Å²) in [6, 6.07) is 4.58. The van der Waals surface area contributed by atoms with E-state index in [2.05, 4.69) is 15.9 Å². The Kier molecular flexibility index (Phi) is 6.24. The minimum atomic E-state index is -3.10. The first-order chi connectivity index (χ1) is 13.2. The Morgan fingerprint density at radius 3 is 2.61 bits per heavy atom. The van der Waals surface area contributed by atoms with Crippen LogP contribution in [0.3, 0.4) is 0 Å². The van der Waals surface area contributed by atoms with E-state index < -0.39 is 21.7 Å². The summed E-state index contributed by atoms with van der Waals surface area (Å²) in [5.41, 5.74) is 0.668. The number of hydrogen-bond donors (Lipinski definition) is 0. The van der Waals surface area contributed by atoms with Crippen LogP contribution in [0.1, 0.15) is 53.3 Å². The van der Waals surface area contributed by atoms with E-state index in [9.17, 15) is 22.8 Å². The summed E-state index contributed by atoms with van der Waals surface area (Å²) in [7, 11) is -3.10. The largest absolute Gasteiger partial charge is 0.339 e. The molecule has 1 unspecified atom stereocenters. The van der Waals surface area contributed by atoms with Crippen molar-refractivity contribution >= 4 is 43.5 Å². The van der Waals surface area contributed by atoms with Crippen molar-refractivity contribution in [2.24, 2.45) is 0 Å². The second-order valence-corrected chi connectivity index (χ2v) is 10.3. The third kappa shape index (κ3) is 4.30. The highest BCUT2D eigenvalue weighted by Crippen LogP contribution is 2.26. The number of amides is 3. The molecule has 0 saturated carbocycles. The van der Waals surface area contributed by atoms with Crippen molar-refractivity contribution in [2.75, 3.05) is 24.6 Å². The van der Waals surface area contributed by atoms with Crippen molar-refractivity contribution < 1.29 is 22.8 Å². The van der Waals surface area contributed by atoms with Crippen LogP contribution in [0.4, 0.5) is 0 Å². The fourth-order valence-corrected chi connectivity index (χ4v) is 5.77. The van der Waals surface area contributed by atoms with E-state index in [1.165, 1.54) is 0 Å². The Morgan fingerprint density at radius 1 is 1.25 bits per heavy atom. The molecule has 1 fully saturated rings. The molecule has 2 aliphatic rings. The molecule has 1 saturated heterocycles. The SMILES string of the molecule is CCCCN(C(=O)CCN1C(=O)c2ccc(Br)cc2C1=O)C1CCS(=O)(=O)C1. The maximum Gasteiger partial charge on any atom is 0.261 e. The quantitative estimate of drug-likeness (QED) is 0.569. The number of fused-ring (bicyclic) bond motifs is 1. The third-order valence-electron chi connectivity index (χ3n) is 5.20. The van der Waals surface area contributed by atoms with Crippen LogP contribution < -0.4 is 0 Å². The molecule has 3 rings (SSSR count). The van der Waals surface area contributed by atoms with Gasteiger partial charge in [-0.1, -0.05) is 29.3 Å². The predicted molar refractivity (Wildman–Crippen MR) is 108 cm³/mol. The van der Waals surface area contributed by atoms with Gasteiger partial charge in [0.2, 0.25) is 5.91 Å². The number of imide groups is 1. The van der Waals surface area contributed by atoms with Crippen LogP contribution in [-0.4, -0.2) is 66.6 Å². The van der Waals surface area contributed by atoms with Gasteiger partial charge in [0, 0.05) is 30.0 Å². The molecule has 0 spiro atoms. The molecule has 2 heterocycles. The lowest BCUT2D eigenvalue weighted by atomic mass is 10.1. The number of unbranched alkanes of at least 4 members (excludes halogenated alkanes) is 1. The van der Waals surface area contributed by atoms with Gasteiger partial charge in [-0.2, -0.15) is 0 Å². The van der Waals surface area contributed by atoms with E-state index in [0.717, 1.165) is 17.7 Å². The van der Waals surface area contributed by atoms with Gasteiger partial charge in [0.1, 0.15) is 0 Å². The molecule has 0 aromatic heterocycles. The first-order valence-corrected chi connectivity index (χ1v) is 12.0. The lowest BCUT2D eigenvalue weighted by Crippen LogP contribution is -2.43. The molecule has 7 nitrogen and oxygen atoms in total. The van der Waals surface area contributed by atoms with Crippen LogP contribution in [0.5, 0.6) is 0 Å². The number of nitrogens with zero attached hydrogens (tertiary/aromatic N) is 2. The minimum Gasteiger partial charge on any atom is -0.339 e. The standard InChI is InChI=1S/C19H23BrN2O5S/c1-2-3-8-21(14-7-10-28(26,27)12-14)17(23)6-9-22-18(24)15-5-4-13(20)11-16(15)19(22)25/h4-5,11,14H,2-3,6-10,12H2,1H3. The fraction of sp³-hybridized carbons (Fsp3) is 0.526. The van der Waals surface area contributed by atoms with E-state index in [1.54, 1.807) is 23.1 Å². The number of halogens is 1. The lowest BCUT2D eigenvalue weighted by molar-refractivity contribution is -0.133. The van der Waals surface area contributed by atoms with Crippen molar-refractivity contribution in [1.82, 2.24) is 9.80 Å². The number of sulfone groups is 1. The highest BCUT2D eigenvalue weighted by Gasteiger charge is 2.37. The zero-order chi connectivity index (χ0) is 20.5. The Bertz CT molecular complexity index is 915. The molecule has 0 N–H and O–H groups in total. The Hall–Kier alpha value is -1.74. The van der Waals surface area contributed by atoms with Crippen LogP contribution in [-0.2, 0) is 14.6 Å². The van der Waals surface area contributed by atoms with Crippen LogP contribution in [0.25, 0.3) is 0 Å². The first-order valence-electron chi connectivity index (χ1n) is 9.39. The van der Waals surface area contributed by atoms with Crippen LogP contribution in [0.15, 0.2) is 22.7 Å². The van der Waals surface area contributed by atoms with Gasteiger partial charge in [-0.05, 0) is 31.0 Å². The minimum absolute atomic E-state index is 0.00704. The predicted octanol–water partition coefficient (Wildman–Crippen LogP) is 2.25. The summed E-state index contributed by atoms with van der Waals surface area (Å²) < 4.78 is 24.3. The molecule has 0 radical (unpaired) electrons. The maximum atomic E-state index is 12.8. The van der Waals surface area contributed by atoms with E-state index in [4.69, 9.17) is 0 Å². The molecule has 0 bridgehead atoms. The van der Waals surface area contributed by atoms with Gasteiger partial charge in [-0.3, -0.25) is 19.3 Å². The van der Waals surface area contributed by atoms with E-state index in [0.29, 0.717) is 28.6 Å². The molecule has 9 heteroatoms. The molecule has 1 atom stereocenters. The van der Waals surface area contributed by atoms with Crippen LogP contribution >= 0.6 is 15.9 Å². The Morgan fingerprint density at radius 2 is 1.96 bits per heavy atom. The summed E-state index contributed by atoms with van der Waals surface area (Å²) in [5, 5.41) is 0. The zero-order valence-corrected chi connectivity index (χ0v) is 18.1. The molecule has 1 aromatic carbocycles. The second-order valence-electron chi connectivity index (χ2n) is 7.20. The summed E-state index contributed by atoms with van der Waals surface area (Å²) in [6.07, 6.45) is 2.10. The fourth-order valence-electron chi connectivity index (χ4n) is 3.68. The molecule has 1 aromatic rings. The van der Waals surface area contributed by atoms with Crippen molar-refractivity contribution in [3.05, 3.63) is 33.8 Å². The number of carbonyl (C=O) groups excluding carboxylic acids is 3. The number of hydrogen-bond acceptors (Lipinski definition) is 5. The topological polar surface area (TPSA) is 91.8 Å². The van der Waals surface area contributed by atoms with E-state index in [1.807, 2.05) is 6.92 Å². The summed E-state index contributed by atoms with van der Waals surface area (Å²) in [6.45, 7) is 2.49. The normalized spacial score (nSPS) is 20.5. The summed E-state index contributed by atoms with van der Waals surface area (Å²) >= 11 is 3.29. The van der Waals surface area contributed by atoms with Gasteiger partial charge in [0.05, 0.1) is 22.6 Å². The highest BCUT2D eigenvalue weighted by molar-refractivity contribution is 9.10. The summed E-state index contributed by atoms with van der Waals surface area (Å²) in [5.74, 6) is -0.931. The average Bonchev–Trinajstić information content (AvgIpc) is 3.11. The highest BCUT2D eigenvalue weighted by atomic mass is 79.9. The van der Waals surface area contributed by atoms with Gasteiger partial charge in [0.15, 0.2) is 9.84 Å². The van der Waals surface area contributed by atoms with Crippen molar-refractivity contribution in [3.8, 4) is 0 Å². The smallest absolute Gasteiger partial charge is 0.261 e. The maximum absolute atomic E-state index is 12.8. The number of carbonyl (C=O) groups is 3. The average molecular weight is 471 g/mol. The van der Waals surface area contributed by atoms with Gasteiger partial charge < -0.3 is 4.90 Å². The monoisotopic (exact) mass is 470 g/mol. The number of benzene rings is 1. The Labute approximate surface area is 173 Å². The van der Waals surface area contributed by atoms with Gasteiger partial charge in [0.25, 0.3) is 11.8 Å². The number of rotatable bonds is 7. The molecular formula is C19H23BrN2O5S. The van der Waals surface area contributed by atoms with Crippen molar-refractivity contribution in [3.63, 3.8) is 0 Å². The first kappa shape index (κ1) is 21.0. The van der Waals surface area contributed by atoms with Crippen molar-refractivity contribution in [2.45, 2.75) is 38.6 Å². The molecule has 2 aliphatic heterocycles. The molecule has 0 aliphatic carbocycles. The van der Waals surface area contributed by atoms with Crippen molar-refractivity contribution in [1.29, 1.82) is 0 Å².